The van der Waals surface area contributed by atoms with Crippen molar-refractivity contribution in [2.75, 3.05) is 48.8 Å². The maximum atomic E-state index is 13.1. The third-order valence-corrected chi connectivity index (χ3v) is 8.23. The van der Waals surface area contributed by atoms with Crippen LogP contribution in [0.15, 0.2) is 46.2 Å². The lowest BCUT2D eigenvalue weighted by Crippen LogP contribution is -2.42. The van der Waals surface area contributed by atoms with Gasteiger partial charge in [0.1, 0.15) is 6.54 Å². The molecule has 2 aromatic carbocycles. The maximum absolute atomic E-state index is 13.1. The first-order valence-corrected chi connectivity index (χ1v) is 12.7. The lowest BCUT2D eigenvalue weighted by Gasteiger charge is -2.30. The molecule has 0 atom stereocenters. The number of morpholine rings is 1. The second kappa shape index (κ2) is 9.22. The van der Waals surface area contributed by atoms with Crippen molar-refractivity contribution >= 4 is 45.0 Å². The number of rotatable bonds is 5. The van der Waals surface area contributed by atoms with Gasteiger partial charge >= 0.3 is 0 Å². The second-order valence-electron chi connectivity index (χ2n) is 7.84. The number of aryl methyl sites for hydroxylation is 2. The van der Waals surface area contributed by atoms with Crippen LogP contribution in [0.5, 0.6) is 0 Å². The molecular weight excluding hydrogens is 450 g/mol. The molecule has 2 heterocycles. The molecule has 170 valence electrons. The summed E-state index contributed by atoms with van der Waals surface area (Å²) in [6.07, 6.45) is 0. The lowest BCUT2D eigenvalue weighted by molar-refractivity contribution is -0.120. The molecule has 10 heteroatoms. The summed E-state index contributed by atoms with van der Waals surface area (Å²) in [5.41, 5.74) is 3.15. The van der Waals surface area contributed by atoms with Crippen LogP contribution in [0.3, 0.4) is 0 Å². The molecular formula is C22H25N3O5S2. The average molecular weight is 476 g/mol. The summed E-state index contributed by atoms with van der Waals surface area (Å²) in [6.45, 7) is 4.97. The molecule has 1 saturated heterocycles. The number of anilines is 2. The highest BCUT2D eigenvalue weighted by molar-refractivity contribution is 8.00. The van der Waals surface area contributed by atoms with Crippen molar-refractivity contribution in [2.45, 2.75) is 23.6 Å². The summed E-state index contributed by atoms with van der Waals surface area (Å²) in [5, 5.41) is 2.84. The smallest absolute Gasteiger partial charge is 0.244 e. The fraction of sp³-hybridized carbons (Fsp3) is 0.364. The summed E-state index contributed by atoms with van der Waals surface area (Å²) in [4.78, 5) is 27.6. The highest BCUT2D eigenvalue weighted by Crippen LogP contribution is 2.37. The van der Waals surface area contributed by atoms with Gasteiger partial charge < -0.3 is 15.0 Å². The van der Waals surface area contributed by atoms with Gasteiger partial charge in [-0.2, -0.15) is 4.31 Å². The van der Waals surface area contributed by atoms with Gasteiger partial charge in [0.15, 0.2) is 0 Å². The van der Waals surface area contributed by atoms with E-state index in [1.54, 1.807) is 12.1 Å². The fourth-order valence-electron chi connectivity index (χ4n) is 3.84. The Morgan fingerprint density at radius 2 is 1.78 bits per heavy atom. The molecule has 2 aliphatic heterocycles. The first-order valence-electron chi connectivity index (χ1n) is 10.3. The van der Waals surface area contributed by atoms with Gasteiger partial charge in [-0.05, 0) is 55.3 Å². The van der Waals surface area contributed by atoms with Crippen LogP contribution in [0.1, 0.15) is 11.1 Å². The number of sulfonamides is 1. The number of thioether (sulfide) groups is 1. The molecule has 0 spiro atoms. The van der Waals surface area contributed by atoms with Crippen molar-refractivity contribution in [3.05, 3.63) is 47.5 Å². The van der Waals surface area contributed by atoms with Crippen LogP contribution in [0.4, 0.5) is 11.4 Å². The van der Waals surface area contributed by atoms with Gasteiger partial charge in [0, 0.05) is 23.7 Å². The number of carbonyl (C=O) groups excluding carboxylic acids is 2. The summed E-state index contributed by atoms with van der Waals surface area (Å²) >= 11 is 1.34. The Kier molecular flexibility index (Phi) is 6.57. The van der Waals surface area contributed by atoms with E-state index in [0.29, 0.717) is 24.6 Å². The minimum atomic E-state index is -3.72. The van der Waals surface area contributed by atoms with Crippen molar-refractivity contribution in [1.29, 1.82) is 0 Å². The molecule has 4 rings (SSSR count). The van der Waals surface area contributed by atoms with Gasteiger partial charge in [0.25, 0.3) is 0 Å². The minimum absolute atomic E-state index is 0.105. The first kappa shape index (κ1) is 22.8. The van der Waals surface area contributed by atoms with Gasteiger partial charge in [-0.1, -0.05) is 6.07 Å². The van der Waals surface area contributed by atoms with Crippen LogP contribution in [-0.2, 0) is 24.3 Å². The summed E-state index contributed by atoms with van der Waals surface area (Å²) in [5.74, 6) is -0.388. The van der Waals surface area contributed by atoms with Crippen molar-refractivity contribution in [3.8, 4) is 0 Å². The molecule has 0 unspecified atom stereocenters. The Bertz CT molecular complexity index is 1140. The van der Waals surface area contributed by atoms with Gasteiger partial charge in [0.05, 0.1) is 29.5 Å². The molecule has 1 N–H and O–H groups in total. The highest BCUT2D eigenvalue weighted by Gasteiger charge is 2.31. The maximum Gasteiger partial charge on any atom is 0.244 e. The van der Waals surface area contributed by atoms with Gasteiger partial charge in [0.2, 0.25) is 21.8 Å². The van der Waals surface area contributed by atoms with Crippen molar-refractivity contribution in [1.82, 2.24) is 4.31 Å². The molecule has 0 bridgehead atoms. The molecule has 2 aromatic rings. The zero-order chi connectivity index (χ0) is 22.9. The molecule has 2 aliphatic rings. The number of nitrogens with zero attached hydrogens (tertiary/aromatic N) is 2. The third-order valence-electron chi connectivity index (χ3n) is 5.29. The zero-order valence-corrected chi connectivity index (χ0v) is 19.6. The molecule has 0 radical (unpaired) electrons. The van der Waals surface area contributed by atoms with Crippen molar-refractivity contribution < 1.29 is 22.7 Å². The van der Waals surface area contributed by atoms with Gasteiger partial charge in [-0.15, -0.1) is 11.8 Å². The van der Waals surface area contributed by atoms with E-state index in [9.17, 15) is 18.0 Å². The predicted molar refractivity (Wildman–Crippen MR) is 124 cm³/mol. The molecule has 32 heavy (non-hydrogen) atoms. The fourth-order valence-corrected chi connectivity index (χ4v) is 6.19. The summed E-state index contributed by atoms with van der Waals surface area (Å²) in [7, 11) is -3.72. The molecule has 0 aliphatic carbocycles. The van der Waals surface area contributed by atoms with E-state index in [4.69, 9.17) is 4.74 Å². The monoisotopic (exact) mass is 475 g/mol. The standard InChI is InChI=1S/C22H25N3O5S2/c1-15-9-16(2)11-17(10-15)23-21(26)13-25-19-12-18(3-4-20(19)31-14-22(25)27)32(28,29)24-5-7-30-8-6-24/h3-4,9-12H,5-8,13-14H2,1-2H3,(H,23,26). The molecule has 2 amide bonds. The van der Waals surface area contributed by atoms with Crippen LogP contribution in [0.2, 0.25) is 0 Å². The molecule has 0 saturated carbocycles. The van der Waals surface area contributed by atoms with E-state index in [1.807, 2.05) is 32.0 Å². The number of hydrogen-bond donors (Lipinski definition) is 1. The lowest BCUT2D eigenvalue weighted by atomic mass is 10.1. The van der Waals surface area contributed by atoms with E-state index in [-0.39, 0.29) is 42.1 Å². The Morgan fingerprint density at radius 3 is 2.47 bits per heavy atom. The Labute approximate surface area is 192 Å². The average Bonchev–Trinajstić information content (AvgIpc) is 2.75. The highest BCUT2D eigenvalue weighted by atomic mass is 32.2. The third kappa shape index (κ3) is 4.83. The number of ether oxygens (including phenoxy) is 1. The van der Waals surface area contributed by atoms with Gasteiger partial charge in [-0.3, -0.25) is 9.59 Å². The van der Waals surface area contributed by atoms with Crippen LogP contribution < -0.4 is 10.2 Å². The Morgan fingerprint density at radius 1 is 1.09 bits per heavy atom. The molecule has 1 fully saturated rings. The minimum Gasteiger partial charge on any atom is -0.379 e. The van der Waals surface area contributed by atoms with Crippen LogP contribution >= 0.6 is 11.8 Å². The predicted octanol–water partition coefficient (Wildman–Crippen LogP) is 2.40. The number of nitrogens with one attached hydrogen (secondary N) is 1. The Balaban J connectivity index is 1.59. The second-order valence-corrected chi connectivity index (χ2v) is 10.8. The van der Waals surface area contributed by atoms with Gasteiger partial charge in [-0.25, -0.2) is 8.42 Å². The molecule has 8 nitrogen and oxygen atoms in total. The largest absolute Gasteiger partial charge is 0.379 e. The summed E-state index contributed by atoms with van der Waals surface area (Å²) in [6, 6.07) is 10.5. The van der Waals surface area contributed by atoms with Crippen LogP contribution in [0, 0.1) is 13.8 Å². The number of carbonyl (C=O) groups is 2. The number of fused-ring (bicyclic) bond motifs is 1. The molecule has 0 aromatic heterocycles. The normalized spacial score (nSPS) is 17.2. The van der Waals surface area contributed by atoms with E-state index in [1.165, 1.54) is 27.0 Å². The Hall–Kier alpha value is -2.40. The van der Waals surface area contributed by atoms with E-state index in [2.05, 4.69) is 5.32 Å². The van der Waals surface area contributed by atoms with Crippen molar-refractivity contribution in [3.63, 3.8) is 0 Å². The zero-order valence-electron chi connectivity index (χ0n) is 18.0. The quantitative estimate of drug-likeness (QED) is 0.714. The first-order chi connectivity index (χ1) is 15.2. The van der Waals surface area contributed by atoms with E-state index >= 15 is 0 Å². The van der Waals surface area contributed by atoms with Crippen LogP contribution in [-0.4, -0.2) is 63.1 Å². The number of amides is 2. The van der Waals surface area contributed by atoms with Crippen molar-refractivity contribution in [2.24, 2.45) is 0 Å². The number of benzene rings is 2. The van der Waals surface area contributed by atoms with Crippen LogP contribution in [0.25, 0.3) is 0 Å². The summed E-state index contributed by atoms with van der Waals surface area (Å²) < 4.78 is 32.8. The SMILES string of the molecule is Cc1cc(C)cc(NC(=O)CN2C(=O)CSc3ccc(S(=O)(=O)N4CCOCC4)cc32)c1. The number of hydrogen-bond acceptors (Lipinski definition) is 6. The van der Waals surface area contributed by atoms with E-state index in [0.717, 1.165) is 16.0 Å². The van der Waals surface area contributed by atoms with E-state index < -0.39 is 10.0 Å². The topological polar surface area (TPSA) is 96.0 Å².